The molecule has 2 rings (SSSR count). The summed E-state index contributed by atoms with van der Waals surface area (Å²) in [5, 5.41) is 0. The largest absolute Gasteiger partial charge is 0.343 e. The van der Waals surface area contributed by atoms with Crippen LogP contribution in [0.15, 0.2) is 24.3 Å². The number of benzene rings is 1. The van der Waals surface area contributed by atoms with E-state index in [0.29, 0.717) is 37.9 Å². The summed E-state index contributed by atoms with van der Waals surface area (Å²) in [6.07, 6.45) is 3.01. The second-order valence-electron chi connectivity index (χ2n) is 5.64. The number of amides is 1. The lowest BCUT2D eigenvalue weighted by molar-refractivity contribution is -0.132. The van der Waals surface area contributed by atoms with Gasteiger partial charge in [-0.25, -0.2) is 17.5 Å². The summed E-state index contributed by atoms with van der Waals surface area (Å²) in [6.45, 7) is 1.06. The fourth-order valence-electron chi connectivity index (χ4n) is 2.65. The number of aryl methyl sites for hydroxylation is 1. The lowest BCUT2D eigenvalue weighted by Gasteiger charge is -2.32. The topological polar surface area (TPSA) is 66.5 Å². The minimum Gasteiger partial charge on any atom is -0.343 e. The molecule has 0 saturated carbocycles. The Bertz CT molecular complexity index is 625. The first-order valence-electron chi connectivity index (χ1n) is 7.33. The van der Waals surface area contributed by atoms with E-state index in [1.54, 1.807) is 23.1 Å². The first-order valence-corrected chi connectivity index (χ1v) is 9.23. The van der Waals surface area contributed by atoms with Crippen LogP contribution in [-0.4, -0.2) is 44.6 Å². The Labute approximate surface area is 130 Å². The van der Waals surface area contributed by atoms with Gasteiger partial charge in [-0.05, 0) is 30.9 Å². The fourth-order valence-corrected chi connectivity index (χ4v) is 3.49. The zero-order valence-electron chi connectivity index (χ0n) is 12.6. The molecule has 0 spiro atoms. The first kappa shape index (κ1) is 16.9. The van der Waals surface area contributed by atoms with Gasteiger partial charge in [0, 0.05) is 25.6 Å². The molecule has 0 unspecified atom stereocenters. The molecule has 1 heterocycles. The van der Waals surface area contributed by atoms with Crippen LogP contribution >= 0.6 is 0 Å². The number of carbonyl (C=O) groups is 1. The minimum absolute atomic E-state index is 0.0129. The predicted octanol–water partition coefficient (Wildman–Crippen LogP) is 1.30. The van der Waals surface area contributed by atoms with Crippen molar-refractivity contribution in [3.05, 3.63) is 35.6 Å². The van der Waals surface area contributed by atoms with Crippen LogP contribution in [0.25, 0.3) is 0 Å². The van der Waals surface area contributed by atoms with E-state index in [9.17, 15) is 17.6 Å². The lowest BCUT2D eigenvalue weighted by Crippen LogP contribution is -2.46. The summed E-state index contributed by atoms with van der Waals surface area (Å²) < 4.78 is 38.4. The molecule has 22 heavy (non-hydrogen) atoms. The molecule has 5 nitrogen and oxygen atoms in total. The molecule has 0 atom stereocenters. The standard InChI is InChI=1S/C15H21FN2O3S/c1-22(20,21)17-13-8-10-18(11-9-13)15(19)7-6-12-4-2-3-5-14(12)16/h2-5,13,17H,6-11H2,1H3. The molecule has 0 bridgehead atoms. The van der Waals surface area contributed by atoms with Gasteiger partial charge in [0.25, 0.3) is 0 Å². The Hall–Kier alpha value is -1.47. The summed E-state index contributed by atoms with van der Waals surface area (Å²) in [7, 11) is -3.21. The molecule has 1 N–H and O–H groups in total. The van der Waals surface area contributed by atoms with Crippen molar-refractivity contribution in [3.8, 4) is 0 Å². The number of rotatable bonds is 5. The van der Waals surface area contributed by atoms with Crippen LogP contribution in [0.4, 0.5) is 4.39 Å². The van der Waals surface area contributed by atoms with Crippen LogP contribution < -0.4 is 4.72 Å². The summed E-state index contributed by atoms with van der Waals surface area (Å²) in [6, 6.07) is 6.35. The Kier molecular flexibility index (Phi) is 5.52. The van der Waals surface area contributed by atoms with Crippen LogP contribution in [0.2, 0.25) is 0 Å². The molecule has 1 aliphatic rings. The number of nitrogens with one attached hydrogen (secondary N) is 1. The van der Waals surface area contributed by atoms with E-state index in [1.807, 2.05) is 0 Å². The SMILES string of the molecule is CS(=O)(=O)NC1CCN(C(=O)CCc2ccccc2F)CC1. The first-order chi connectivity index (χ1) is 10.3. The molecule has 0 radical (unpaired) electrons. The number of carbonyl (C=O) groups excluding carboxylic acids is 1. The lowest BCUT2D eigenvalue weighted by atomic mass is 10.0. The molecule has 0 aliphatic carbocycles. The summed E-state index contributed by atoms with van der Waals surface area (Å²) in [5.41, 5.74) is 0.546. The summed E-state index contributed by atoms with van der Waals surface area (Å²) in [5.74, 6) is -0.299. The average Bonchev–Trinajstić information content (AvgIpc) is 2.45. The summed E-state index contributed by atoms with van der Waals surface area (Å²) >= 11 is 0. The maximum atomic E-state index is 13.5. The van der Waals surface area contributed by atoms with Crippen LogP contribution in [0.1, 0.15) is 24.8 Å². The van der Waals surface area contributed by atoms with Gasteiger partial charge in [-0.15, -0.1) is 0 Å². The van der Waals surface area contributed by atoms with Gasteiger partial charge >= 0.3 is 0 Å². The Balaban J connectivity index is 1.79. The molecule has 1 aromatic rings. The normalized spacial score (nSPS) is 16.7. The molecule has 122 valence electrons. The second-order valence-corrected chi connectivity index (χ2v) is 7.42. The van der Waals surface area contributed by atoms with Gasteiger partial charge in [0.1, 0.15) is 5.82 Å². The fraction of sp³-hybridized carbons (Fsp3) is 0.533. The highest BCUT2D eigenvalue weighted by Gasteiger charge is 2.24. The third-order valence-electron chi connectivity index (χ3n) is 3.79. The van der Waals surface area contributed by atoms with Gasteiger partial charge in [-0.3, -0.25) is 4.79 Å². The van der Waals surface area contributed by atoms with E-state index in [-0.39, 0.29) is 24.2 Å². The van der Waals surface area contributed by atoms with E-state index in [0.717, 1.165) is 6.26 Å². The number of piperidine rings is 1. The molecule has 1 saturated heterocycles. The van der Waals surface area contributed by atoms with Crippen LogP contribution in [0, 0.1) is 5.82 Å². The predicted molar refractivity (Wildman–Crippen MR) is 82.3 cm³/mol. The number of nitrogens with zero attached hydrogens (tertiary/aromatic N) is 1. The zero-order valence-corrected chi connectivity index (χ0v) is 13.4. The summed E-state index contributed by atoms with van der Waals surface area (Å²) in [4.78, 5) is 13.9. The molecule has 1 fully saturated rings. The van der Waals surface area contributed by atoms with Crippen molar-refractivity contribution in [1.29, 1.82) is 0 Å². The van der Waals surface area contributed by atoms with Crippen molar-refractivity contribution in [2.75, 3.05) is 19.3 Å². The van der Waals surface area contributed by atoms with Crippen molar-refractivity contribution in [3.63, 3.8) is 0 Å². The number of hydrogen-bond donors (Lipinski definition) is 1. The Morgan fingerprint density at radius 3 is 2.55 bits per heavy atom. The maximum absolute atomic E-state index is 13.5. The van der Waals surface area contributed by atoms with Crippen LogP contribution in [0.3, 0.4) is 0 Å². The van der Waals surface area contributed by atoms with Crippen molar-refractivity contribution >= 4 is 15.9 Å². The third kappa shape index (κ3) is 5.06. The van der Waals surface area contributed by atoms with Gasteiger partial charge in [-0.1, -0.05) is 18.2 Å². The number of hydrogen-bond acceptors (Lipinski definition) is 3. The number of halogens is 1. The van der Waals surface area contributed by atoms with Gasteiger partial charge in [0.2, 0.25) is 15.9 Å². The molecule has 7 heteroatoms. The van der Waals surface area contributed by atoms with Crippen molar-refractivity contribution in [1.82, 2.24) is 9.62 Å². The minimum atomic E-state index is -3.21. The number of sulfonamides is 1. The molecule has 1 amide bonds. The highest BCUT2D eigenvalue weighted by atomic mass is 32.2. The highest BCUT2D eigenvalue weighted by Crippen LogP contribution is 2.14. The molecule has 1 aromatic carbocycles. The molecule has 1 aliphatic heterocycles. The van der Waals surface area contributed by atoms with Gasteiger partial charge in [0.05, 0.1) is 6.26 Å². The molecule has 0 aromatic heterocycles. The number of likely N-dealkylation sites (tertiary alicyclic amines) is 1. The average molecular weight is 328 g/mol. The van der Waals surface area contributed by atoms with Gasteiger partial charge in [-0.2, -0.15) is 0 Å². The van der Waals surface area contributed by atoms with Crippen LogP contribution in [-0.2, 0) is 21.2 Å². The van der Waals surface area contributed by atoms with Crippen molar-refractivity contribution < 1.29 is 17.6 Å². The van der Waals surface area contributed by atoms with Crippen LogP contribution in [0.5, 0.6) is 0 Å². The molecular weight excluding hydrogens is 307 g/mol. The third-order valence-corrected chi connectivity index (χ3v) is 4.56. The molecular formula is C15H21FN2O3S. The van der Waals surface area contributed by atoms with Gasteiger partial charge in [0.15, 0.2) is 0 Å². The van der Waals surface area contributed by atoms with E-state index in [2.05, 4.69) is 4.72 Å². The van der Waals surface area contributed by atoms with E-state index in [1.165, 1.54) is 6.07 Å². The Morgan fingerprint density at radius 2 is 1.95 bits per heavy atom. The Morgan fingerprint density at radius 1 is 1.32 bits per heavy atom. The van der Waals surface area contributed by atoms with Gasteiger partial charge < -0.3 is 4.90 Å². The van der Waals surface area contributed by atoms with E-state index < -0.39 is 10.0 Å². The second kappa shape index (κ2) is 7.19. The van der Waals surface area contributed by atoms with E-state index >= 15 is 0 Å². The highest BCUT2D eigenvalue weighted by molar-refractivity contribution is 7.88. The zero-order chi connectivity index (χ0) is 16.2. The van der Waals surface area contributed by atoms with Crippen molar-refractivity contribution in [2.45, 2.75) is 31.7 Å². The van der Waals surface area contributed by atoms with E-state index in [4.69, 9.17) is 0 Å². The maximum Gasteiger partial charge on any atom is 0.222 e. The quantitative estimate of drug-likeness (QED) is 0.886. The van der Waals surface area contributed by atoms with Crippen molar-refractivity contribution in [2.24, 2.45) is 0 Å². The monoisotopic (exact) mass is 328 g/mol. The smallest absolute Gasteiger partial charge is 0.222 e.